The van der Waals surface area contributed by atoms with Crippen molar-refractivity contribution in [1.29, 1.82) is 0 Å². The Morgan fingerprint density at radius 1 is 1.42 bits per heavy atom. The van der Waals surface area contributed by atoms with Crippen LogP contribution in [-0.2, 0) is 6.04 Å². The van der Waals surface area contributed by atoms with Gasteiger partial charge >= 0.3 is 0 Å². The zero-order valence-electron chi connectivity index (χ0n) is 7.42. The highest BCUT2D eigenvalue weighted by atomic mass is 28.2. The summed E-state index contributed by atoms with van der Waals surface area (Å²) in [6, 6.07) is 9.49. The molecule has 0 heterocycles. The number of benzene rings is 1. The summed E-state index contributed by atoms with van der Waals surface area (Å²) in [6.45, 7) is 5.81. The fourth-order valence-electron chi connectivity index (χ4n) is 1.12. The summed E-state index contributed by atoms with van der Waals surface area (Å²) in [5, 5.41) is 0. The fourth-order valence-corrected chi connectivity index (χ4v) is 2.03. The summed E-state index contributed by atoms with van der Waals surface area (Å²) in [4.78, 5) is 0. The molecule has 0 radical (unpaired) electrons. The van der Waals surface area contributed by atoms with Crippen LogP contribution in [0, 0.1) is 0 Å². The van der Waals surface area contributed by atoms with E-state index in [2.05, 4.69) is 25.3 Å². The van der Waals surface area contributed by atoms with Crippen LogP contribution in [-0.4, -0.2) is 9.52 Å². The van der Waals surface area contributed by atoms with Crippen molar-refractivity contribution in [2.24, 2.45) is 0 Å². The zero-order chi connectivity index (χ0) is 8.81. The summed E-state index contributed by atoms with van der Waals surface area (Å²) in [5.74, 6) is 0.867. The monoisotopic (exact) mass is 178 g/mol. The Hall–Kier alpha value is -1.02. The molecule has 0 amide bonds. The van der Waals surface area contributed by atoms with Gasteiger partial charge in [0, 0.05) is 9.52 Å². The molecule has 0 aliphatic heterocycles. The molecule has 1 nitrogen and oxygen atoms in total. The highest BCUT2D eigenvalue weighted by Gasteiger charge is 1.92. The van der Waals surface area contributed by atoms with Crippen molar-refractivity contribution in [1.82, 2.24) is 0 Å². The first-order chi connectivity index (χ1) is 5.86. The maximum Gasteiger partial charge on any atom is 0.126 e. The minimum Gasteiger partial charge on any atom is -0.466 e. The Balaban J connectivity index is 2.64. The van der Waals surface area contributed by atoms with Crippen LogP contribution >= 0.6 is 0 Å². The van der Waals surface area contributed by atoms with E-state index < -0.39 is 0 Å². The molecule has 0 aliphatic rings. The van der Waals surface area contributed by atoms with E-state index in [0.29, 0.717) is 0 Å². The van der Waals surface area contributed by atoms with Crippen LogP contribution in [0.5, 0.6) is 5.75 Å². The van der Waals surface area contributed by atoms with Gasteiger partial charge in [0.15, 0.2) is 0 Å². The molecule has 12 heavy (non-hydrogen) atoms. The summed E-state index contributed by atoms with van der Waals surface area (Å²) in [7, 11) is 0.131. The van der Waals surface area contributed by atoms with Gasteiger partial charge in [0.2, 0.25) is 0 Å². The van der Waals surface area contributed by atoms with Crippen LogP contribution in [0.1, 0.15) is 5.56 Å². The van der Waals surface area contributed by atoms with Gasteiger partial charge in [-0.1, -0.05) is 30.8 Å². The lowest BCUT2D eigenvalue weighted by Crippen LogP contribution is -1.90. The number of hydrogen-bond donors (Lipinski definition) is 0. The molecular weight excluding hydrogens is 164 g/mol. The Labute approximate surface area is 75.9 Å². The van der Waals surface area contributed by atoms with Gasteiger partial charge in [-0.25, -0.2) is 0 Å². The van der Waals surface area contributed by atoms with Crippen LogP contribution in [0.25, 0.3) is 0 Å². The molecule has 0 bridgehead atoms. The lowest BCUT2D eigenvalue weighted by atomic mass is 10.2. The molecule has 0 saturated heterocycles. The van der Waals surface area contributed by atoms with E-state index in [1.165, 1.54) is 17.9 Å². The smallest absolute Gasteiger partial charge is 0.126 e. The molecular formula is C10H14OSi. The molecule has 1 aromatic carbocycles. The minimum atomic E-state index is 0.131. The van der Waals surface area contributed by atoms with E-state index >= 15 is 0 Å². The largest absolute Gasteiger partial charge is 0.466 e. The van der Waals surface area contributed by atoms with Crippen molar-refractivity contribution >= 4 is 9.52 Å². The van der Waals surface area contributed by atoms with Crippen molar-refractivity contribution in [3.05, 3.63) is 42.7 Å². The van der Waals surface area contributed by atoms with E-state index in [0.717, 1.165) is 5.75 Å². The highest BCUT2D eigenvalue weighted by Crippen LogP contribution is 2.12. The van der Waals surface area contributed by atoms with Crippen molar-refractivity contribution < 1.29 is 4.74 Å². The average Bonchev–Trinajstić information content (AvgIpc) is 2.09. The van der Waals surface area contributed by atoms with Gasteiger partial charge in [-0.15, -0.1) is 0 Å². The van der Waals surface area contributed by atoms with Gasteiger partial charge in [0.1, 0.15) is 5.75 Å². The second kappa shape index (κ2) is 4.77. The molecule has 2 heteroatoms. The van der Waals surface area contributed by atoms with Gasteiger partial charge in [-0.3, -0.25) is 0 Å². The molecule has 0 aromatic heterocycles. The lowest BCUT2D eigenvalue weighted by Gasteiger charge is -2.00. The van der Waals surface area contributed by atoms with Crippen LogP contribution in [0.15, 0.2) is 37.1 Å². The molecule has 0 atom stereocenters. The van der Waals surface area contributed by atoms with Crippen molar-refractivity contribution in [3.63, 3.8) is 0 Å². The van der Waals surface area contributed by atoms with E-state index in [4.69, 9.17) is 4.74 Å². The number of hydrogen-bond acceptors (Lipinski definition) is 1. The van der Waals surface area contributed by atoms with Gasteiger partial charge < -0.3 is 4.74 Å². The van der Waals surface area contributed by atoms with Crippen LogP contribution in [0.3, 0.4) is 0 Å². The standard InChI is InChI=1S/C10H14OSi/c1-3-11-10-6-4-9(5-7-10)8-12-2/h3-7H,1,8,12H2,2H3. The molecule has 1 aromatic rings. The Morgan fingerprint density at radius 2 is 2.08 bits per heavy atom. The summed E-state index contributed by atoms with van der Waals surface area (Å²) < 4.78 is 5.11. The summed E-state index contributed by atoms with van der Waals surface area (Å²) in [6.07, 6.45) is 1.45. The molecule has 0 unspecified atom stereocenters. The quantitative estimate of drug-likeness (QED) is 0.505. The third-order valence-electron chi connectivity index (χ3n) is 1.68. The SMILES string of the molecule is C=COc1ccc(C[SiH2]C)cc1. The summed E-state index contributed by atoms with van der Waals surface area (Å²) in [5.41, 5.74) is 1.42. The Bertz CT molecular complexity index is 241. The third-order valence-corrected chi connectivity index (χ3v) is 2.76. The third kappa shape index (κ3) is 2.55. The maximum atomic E-state index is 5.11. The normalized spacial score (nSPS) is 10.4. The topological polar surface area (TPSA) is 9.23 Å². The number of ether oxygens (including phenoxy) is 1. The molecule has 0 N–H and O–H groups in total. The predicted molar refractivity (Wildman–Crippen MR) is 55.4 cm³/mol. The first kappa shape index (κ1) is 9.07. The summed E-state index contributed by atoms with van der Waals surface area (Å²) >= 11 is 0. The van der Waals surface area contributed by atoms with Crippen LogP contribution in [0.4, 0.5) is 0 Å². The van der Waals surface area contributed by atoms with E-state index in [1.54, 1.807) is 0 Å². The van der Waals surface area contributed by atoms with Crippen LogP contribution < -0.4 is 4.74 Å². The molecule has 0 spiro atoms. The Kier molecular flexibility index (Phi) is 3.61. The molecule has 0 fully saturated rings. The van der Waals surface area contributed by atoms with E-state index in [1.807, 2.05) is 12.1 Å². The predicted octanol–water partition coefficient (Wildman–Crippen LogP) is 1.93. The first-order valence-electron chi connectivity index (χ1n) is 4.23. The average molecular weight is 178 g/mol. The molecule has 64 valence electrons. The second-order valence-corrected chi connectivity index (χ2v) is 4.18. The van der Waals surface area contributed by atoms with E-state index in [-0.39, 0.29) is 9.52 Å². The Morgan fingerprint density at radius 3 is 2.58 bits per heavy atom. The van der Waals surface area contributed by atoms with Gasteiger partial charge in [-0.05, 0) is 18.2 Å². The van der Waals surface area contributed by atoms with Crippen molar-refractivity contribution in [2.45, 2.75) is 12.6 Å². The minimum absolute atomic E-state index is 0.131. The fraction of sp³-hybridized carbons (Fsp3) is 0.200. The highest BCUT2D eigenvalue weighted by molar-refractivity contribution is 6.32. The van der Waals surface area contributed by atoms with Gasteiger partial charge in [-0.2, -0.15) is 0 Å². The number of rotatable bonds is 4. The molecule has 0 aliphatic carbocycles. The first-order valence-corrected chi connectivity index (χ1v) is 6.64. The van der Waals surface area contributed by atoms with Crippen LogP contribution in [0.2, 0.25) is 6.55 Å². The second-order valence-electron chi connectivity index (χ2n) is 2.68. The maximum absolute atomic E-state index is 5.11. The molecule has 1 rings (SSSR count). The molecule has 0 saturated carbocycles. The lowest BCUT2D eigenvalue weighted by molar-refractivity contribution is 0.483. The zero-order valence-corrected chi connectivity index (χ0v) is 8.83. The van der Waals surface area contributed by atoms with Crippen molar-refractivity contribution in [2.75, 3.05) is 0 Å². The van der Waals surface area contributed by atoms with Crippen molar-refractivity contribution in [3.8, 4) is 5.75 Å². The van der Waals surface area contributed by atoms with Gasteiger partial charge in [0.25, 0.3) is 0 Å². The van der Waals surface area contributed by atoms with Gasteiger partial charge in [0.05, 0.1) is 6.26 Å². The van der Waals surface area contributed by atoms with E-state index in [9.17, 15) is 0 Å².